The molecule has 178 valence electrons. The standard InChI is InChI=1S/C22H23F2N7O3/c1-25-17-7-16(27-14-3-2-6-30(21(14)33)18-12-9-34-10-13(12)18)29-19-11(8-26-31(17)19)20(32)28-15-4-5-22(15,23)24/h2-3,6-8,12-13,15,18,25H,4-5,9-10H2,1H3,(H,27,29)(H,28,32)/t12-,13+,15-,18+/m0/s1. The number of ether oxygens (including phenoxy) is 1. The largest absolute Gasteiger partial charge is 0.381 e. The van der Waals surface area contributed by atoms with Gasteiger partial charge in [0.2, 0.25) is 0 Å². The number of amides is 1. The van der Waals surface area contributed by atoms with Gasteiger partial charge in [0.15, 0.2) is 5.65 Å². The molecule has 0 bridgehead atoms. The maximum Gasteiger partial charge on any atom is 0.274 e. The van der Waals surface area contributed by atoms with E-state index in [1.807, 2.05) is 0 Å². The van der Waals surface area contributed by atoms with Gasteiger partial charge in [-0.2, -0.15) is 9.61 Å². The molecule has 12 heteroatoms. The number of alkyl halides is 2. The second-order valence-corrected chi connectivity index (χ2v) is 9.01. The number of pyridine rings is 1. The van der Waals surface area contributed by atoms with Crippen molar-refractivity contribution in [1.82, 2.24) is 24.5 Å². The molecule has 2 aliphatic carbocycles. The molecule has 34 heavy (non-hydrogen) atoms. The van der Waals surface area contributed by atoms with Crippen molar-refractivity contribution < 1.29 is 18.3 Å². The fourth-order valence-corrected chi connectivity index (χ4v) is 4.89. The number of nitrogens with one attached hydrogen (secondary N) is 3. The average Bonchev–Trinajstić information content (AvgIpc) is 3.15. The third kappa shape index (κ3) is 3.23. The van der Waals surface area contributed by atoms with E-state index in [1.165, 1.54) is 10.7 Å². The van der Waals surface area contributed by atoms with E-state index in [0.29, 0.717) is 42.4 Å². The minimum absolute atomic E-state index is 0.0686. The Balaban J connectivity index is 1.31. The first kappa shape index (κ1) is 21.0. The second kappa shape index (κ2) is 7.49. The van der Waals surface area contributed by atoms with E-state index in [1.54, 1.807) is 36.0 Å². The van der Waals surface area contributed by atoms with E-state index >= 15 is 0 Å². The van der Waals surface area contributed by atoms with Gasteiger partial charge in [0.05, 0.1) is 25.5 Å². The predicted octanol–water partition coefficient (Wildman–Crippen LogP) is 2.02. The summed E-state index contributed by atoms with van der Waals surface area (Å²) in [5, 5.41) is 12.6. The van der Waals surface area contributed by atoms with Crippen LogP contribution >= 0.6 is 0 Å². The molecule has 4 atom stereocenters. The van der Waals surface area contributed by atoms with Crippen LogP contribution in [-0.4, -0.2) is 57.3 Å². The lowest BCUT2D eigenvalue weighted by Gasteiger charge is -2.36. The van der Waals surface area contributed by atoms with Crippen molar-refractivity contribution in [2.75, 3.05) is 30.9 Å². The van der Waals surface area contributed by atoms with Gasteiger partial charge in [-0.1, -0.05) is 0 Å². The first-order chi connectivity index (χ1) is 16.4. The molecule has 0 aromatic carbocycles. The van der Waals surface area contributed by atoms with Crippen LogP contribution in [0.1, 0.15) is 29.2 Å². The van der Waals surface area contributed by atoms with Crippen LogP contribution in [0.4, 0.5) is 26.1 Å². The highest BCUT2D eigenvalue weighted by Gasteiger charge is 2.55. The van der Waals surface area contributed by atoms with Gasteiger partial charge in [-0.25, -0.2) is 13.8 Å². The summed E-state index contributed by atoms with van der Waals surface area (Å²) in [6, 6.07) is 4.06. The Bertz CT molecular complexity index is 1340. The minimum Gasteiger partial charge on any atom is -0.381 e. The fraction of sp³-hybridized carbons (Fsp3) is 0.455. The molecular weight excluding hydrogens is 448 g/mol. The lowest BCUT2D eigenvalue weighted by Crippen LogP contribution is -2.55. The molecule has 1 aliphatic heterocycles. The molecule has 3 fully saturated rings. The third-order valence-corrected chi connectivity index (χ3v) is 7.02. The molecule has 3 aromatic rings. The van der Waals surface area contributed by atoms with Crippen LogP contribution in [0.3, 0.4) is 0 Å². The Morgan fingerprint density at radius 1 is 1.29 bits per heavy atom. The zero-order valence-electron chi connectivity index (χ0n) is 18.3. The SMILES string of the molecule is CNc1cc(Nc2cccn([C@H]3[C@@H]4COC[C@@H]43)c2=O)nc2c(C(=O)N[C@H]3CCC3(F)F)cnn12. The Morgan fingerprint density at radius 2 is 2.09 bits per heavy atom. The van der Waals surface area contributed by atoms with Gasteiger partial charge >= 0.3 is 0 Å². The maximum atomic E-state index is 13.6. The van der Waals surface area contributed by atoms with Crippen molar-refractivity contribution >= 4 is 28.9 Å². The van der Waals surface area contributed by atoms with E-state index in [0.717, 1.165) is 0 Å². The van der Waals surface area contributed by atoms with E-state index in [2.05, 4.69) is 26.0 Å². The Morgan fingerprint density at radius 3 is 2.76 bits per heavy atom. The fourth-order valence-electron chi connectivity index (χ4n) is 4.89. The summed E-state index contributed by atoms with van der Waals surface area (Å²) in [7, 11) is 1.68. The molecule has 0 radical (unpaired) electrons. The minimum atomic E-state index is -2.91. The highest BCUT2D eigenvalue weighted by molar-refractivity contribution is 6.00. The van der Waals surface area contributed by atoms with Crippen LogP contribution in [0.2, 0.25) is 0 Å². The number of nitrogens with zero attached hydrogens (tertiary/aromatic N) is 4. The van der Waals surface area contributed by atoms with Crippen LogP contribution in [0, 0.1) is 11.8 Å². The zero-order valence-corrected chi connectivity index (χ0v) is 18.3. The monoisotopic (exact) mass is 471 g/mol. The molecule has 10 nitrogen and oxygen atoms in total. The highest BCUT2D eigenvalue weighted by atomic mass is 19.3. The molecule has 6 rings (SSSR count). The van der Waals surface area contributed by atoms with Crippen molar-refractivity contribution in [2.45, 2.75) is 30.8 Å². The number of carbonyl (C=O) groups is 1. The van der Waals surface area contributed by atoms with Crippen LogP contribution in [0.25, 0.3) is 5.65 Å². The summed E-state index contributed by atoms with van der Waals surface area (Å²) in [6.45, 7) is 1.34. The van der Waals surface area contributed by atoms with Gasteiger partial charge in [-0.05, 0) is 18.6 Å². The van der Waals surface area contributed by atoms with Gasteiger partial charge in [0.1, 0.15) is 22.9 Å². The summed E-state index contributed by atoms with van der Waals surface area (Å²) in [5.74, 6) is -2.02. The predicted molar refractivity (Wildman–Crippen MR) is 119 cm³/mol. The zero-order chi connectivity index (χ0) is 23.6. The van der Waals surface area contributed by atoms with Crippen molar-refractivity contribution in [3.63, 3.8) is 0 Å². The Kier molecular flexibility index (Phi) is 4.63. The van der Waals surface area contributed by atoms with E-state index in [9.17, 15) is 18.4 Å². The van der Waals surface area contributed by atoms with Crippen LogP contribution in [0.5, 0.6) is 0 Å². The maximum absolute atomic E-state index is 13.6. The van der Waals surface area contributed by atoms with Crippen molar-refractivity contribution in [2.24, 2.45) is 11.8 Å². The molecule has 1 saturated heterocycles. The highest BCUT2D eigenvalue weighted by Crippen LogP contribution is 2.53. The van der Waals surface area contributed by atoms with E-state index in [4.69, 9.17) is 4.74 Å². The number of aromatic nitrogens is 4. The summed E-state index contributed by atoms with van der Waals surface area (Å²) in [6.07, 6.45) is 3.05. The number of carbonyl (C=O) groups excluding carboxylic acids is 1. The van der Waals surface area contributed by atoms with Gasteiger partial charge in [0.25, 0.3) is 17.4 Å². The lowest BCUT2D eigenvalue weighted by molar-refractivity contribution is -0.102. The summed E-state index contributed by atoms with van der Waals surface area (Å²) < 4.78 is 35.9. The summed E-state index contributed by atoms with van der Waals surface area (Å²) in [5.41, 5.74) is 0.416. The summed E-state index contributed by atoms with van der Waals surface area (Å²) >= 11 is 0. The first-order valence-corrected chi connectivity index (χ1v) is 11.2. The van der Waals surface area contributed by atoms with Crippen molar-refractivity contribution in [3.05, 3.63) is 46.5 Å². The molecule has 1 amide bonds. The quantitative estimate of drug-likeness (QED) is 0.504. The second-order valence-electron chi connectivity index (χ2n) is 9.01. The number of halogens is 2. The van der Waals surface area contributed by atoms with Crippen LogP contribution in [-0.2, 0) is 4.74 Å². The van der Waals surface area contributed by atoms with Gasteiger partial charge in [-0.15, -0.1) is 0 Å². The molecular formula is C22H23F2N7O3. The number of hydrogen-bond acceptors (Lipinski definition) is 7. The van der Waals surface area contributed by atoms with E-state index in [-0.39, 0.29) is 35.7 Å². The summed E-state index contributed by atoms with van der Waals surface area (Å²) in [4.78, 5) is 30.3. The third-order valence-electron chi connectivity index (χ3n) is 7.02. The lowest BCUT2D eigenvalue weighted by atomic mass is 9.88. The number of fused-ring (bicyclic) bond motifs is 2. The van der Waals surface area contributed by atoms with Gasteiger partial charge in [0, 0.05) is 43.6 Å². The molecule has 0 unspecified atom stereocenters. The number of hydrogen-bond donors (Lipinski definition) is 3. The number of anilines is 3. The van der Waals surface area contributed by atoms with E-state index < -0.39 is 17.9 Å². The smallest absolute Gasteiger partial charge is 0.274 e. The molecule has 3 aromatic heterocycles. The normalized spacial score (nSPS) is 26.6. The first-order valence-electron chi connectivity index (χ1n) is 11.2. The van der Waals surface area contributed by atoms with Crippen LogP contribution < -0.4 is 21.5 Å². The number of rotatable bonds is 6. The van der Waals surface area contributed by atoms with Crippen molar-refractivity contribution in [1.29, 1.82) is 0 Å². The van der Waals surface area contributed by atoms with Crippen molar-refractivity contribution in [3.8, 4) is 0 Å². The Labute approximate surface area is 192 Å². The molecule has 4 heterocycles. The molecule has 0 spiro atoms. The average molecular weight is 471 g/mol. The Hall–Kier alpha value is -3.54. The molecule has 3 aliphatic rings. The topological polar surface area (TPSA) is 115 Å². The van der Waals surface area contributed by atoms with Gasteiger partial charge < -0.3 is 25.3 Å². The van der Waals surface area contributed by atoms with Crippen LogP contribution in [0.15, 0.2) is 35.4 Å². The molecule has 3 N–H and O–H groups in total. The van der Waals surface area contributed by atoms with Gasteiger partial charge in [-0.3, -0.25) is 9.59 Å². The molecule has 2 saturated carbocycles.